The highest BCUT2D eigenvalue weighted by molar-refractivity contribution is 7.89. The zero-order valence-electron chi connectivity index (χ0n) is 19.2. The Morgan fingerprint density at radius 2 is 1.79 bits per heavy atom. The largest absolute Gasteiger partial charge is 0.465 e. The van der Waals surface area contributed by atoms with Crippen LogP contribution in [0.15, 0.2) is 59.5 Å². The van der Waals surface area contributed by atoms with Crippen LogP contribution in [0.25, 0.3) is 11.3 Å². The number of rotatable bonds is 4. The van der Waals surface area contributed by atoms with Gasteiger partial charge in [-0.3, -0.25) is 4.98 Å². The van der Waals surface area contributed by atoms with E-state index in [9.17, 15) is 13.2 Å². The lowest BCUT2D eigenvalue weighted by Gasteiger charge is -2.33. The van der Waals surface area contributed by atoms with Gasteiger partial charge in [-0.2, -0.15) is 4.31 Å². The summed E-state index contributed by atoms with van der Waals surface area (Å²) in [6.45, 7) is 2.93. The minimum atomic E-state index is -3.93. The van der Waals surface area contributed by atoms with Crippen molar-refractivity contribution < 1.29 is 22.7 Å². The van der Waals surface area contributed by atoms with E-state index >= 15 is 0 Å². The van der Waals surface area contributed by atoms with E-state index in [1.807, 2.05) is 25.1 Å². The second kappa shape index (κ2) is 8.94. The summed E-state index contributed by atoms with van der Waals surface area (Å²) in [6.07, 6.45) is 1.26. The molecule has 34 heavy (non-hydrogen) atoms. The van der Waals surface area contributed by atoms with E-state index in [4.69, 9.17) is 14.5 Å². The molecule has 3 aromatic rings. The normalized spacial score (nSPS) is 18.1. The highest BCUT2D eigenvalue weighted by Gasteiger charge is 2.35. The number of carbonyl (C=O) groups excluding carboxylic acids is 1. The van der Waals surface area contributed by atoms with Crippen LogP contribution in [-0.4, -0.2) is 43.4 Å². The van der Waals surface area contributed by atoms with Crippen LogP contribution in [0.3, 0.4) is 0 Å². The van der Waals surface area contributed by atoms with Gasteiger partial charge in [0.1, 0.15) is 0 Å². The lowest BCUT2D eigenvalue weighted by molar-refractivity contribution is 0.0400. The highest BCUT2D eigenvalue weighted by atomic mass is 32.2. The minimum Gasteiger partial charge on any atom is -0.465 e. The summed E-state index contributed by atoms with van der Waals surface area (Å²) in [5.74, 6) is -0.675. The molecule has 0 N–H and O–H groups in total. The number of fused-ring (bicyclic) bond motifs is 3. The van der Waals surface area contributed by atoms with Gasteiger partial charge in [-0.25, -0.2) is 13.2 Å². The maximum Gasteiger partial charge on any atom is 0.339 e. The van der Waals surface area contributed by atoms with Crippen LogP contribution in [0, 0.1) is 0 Å². The molecule has 0 amide bonds. The molecule has 176 valence electrons. The maximum atomic E-state index is 13.6. The van der Waals surface area contributed by atoms with Crippen LogP contribution in [0.2, 0.25) is 0 Å². The zero-order chi connectivity index (χ0) is 23.9. The summed E-state index contributed by atoms with van der Waals surface area (Å²) in [7, 11) is -2.68. The van der Waals surface area contributed by atoms with Crippen LogP contribution in [0.1, 0.15) is 39.7 Å². The number of carbonyl (C=O) groups is 1. The minimum absolute atomic E-state index is 0.0348. The molecule has 0 aliphatic carbocycles. The van der Waals surface area contributed by atoms with Crippen molar-refractivity contribution in [3.8, 4) is 11.3 Å². The highest BCUT2D eigenvalue weighted by Crippen LogP contribution is 2.37. The zero-order valence-corrected chi connectivity index (χ0v) is 20.0. The van der Waals surface area contributed by atoms with Crippen molar-refractivity contribution in [2.75, 3.05) is 13.7 Å². The number of esters is 1. The fraction of sp³-hybridized carbons (Fsp3) is 0.308. The summed E-state index contributed by atoms with van der Waals surface area (Å²) in [6, 6.07) is 16.3. The first-order chi connectivity index (χ1) is 16.4. The standard InChI is InChI=1S/C26H26N2O5S/c1-17-14-20-22(16-33-17)21-15-28(13-12-23(21)27-25(20)18-8-4-3-5-9-18)34(30,31)24-11-7-6-10-19(24)26(29)32-2/h3-11,17H,12-16H2,1-2H3/t17-/m0/s1. The molecule has 0 spiro atoms. The molecular weight excluding hydrogens is 452 g/mol. The van der Waals surface area contributed by atoms with Gasteiger partial charge in [0.2, 0.25) is 10.0 Å². The lowest BCUT2D eigenvalue weighted by atomic mass is 9.89. The predicted octanol–water partition coefficient (Wildman–Crippen LogP) is 3.74. The van der Waals surface area contributed by atoms with E-state index in [1.165, 1.54) is 23.5 Å². The molecule has 2 aliphatic heterocycles. The Balaban J connectivity index is 1.58. The molecule has 0 bridgehead atoms. The lowest BCUT2D eigenvalue weighted by Crippen LogP contribution is -2.38. The van der Waals surface area contributed by atoms with E-state index in [0.29, 0.717) is 13.0 Å². The second-order valence-electron chi connectivity index (χ2n) is 8.61. The molecule has 2 aliphatic rings. The molecule has 0 radical (unpaired) electrons. The van der Waals surface area contributed by atoms with Crippen molar-refractivity contribution in [2.45, 2.75) is 43.9 Å². The van der Waals surface area contributed by atoms with Gasteiger partial charge < -0.3 is 9.47 Å². The number of pyridine rings is 1. The monoisotopic (exact) mass is 478 g/mol. The summed E-state index contributed by atoms with van der Waals surface area (Å²) in [5, 5.41) is 0. The average Bonchev–Trinajstić information content (AvgIpc) is 2.87. The fourth-order valence-electron chi connectivity index (χ4n) is 4.76. The van der Waals surface area contributed by atoms with E-state index in [1.54, 1.807) is 12.1 Å². The van der Waals surface area contributed by atoms with Gasteiger partial charge in [-0.1, -0.05) is 42.5 Å². The number of nitrogens with zero attached hydrogens (tertiary/aromatic N) is 2. The van der Waals surface area contributed by atoms with Crippen molar-refractivity contribution in [3.05, 3.63) is 82.5 Å². The molecular formula is C26H26N2O5S. The average molecular weight is 479 g/mol. The van der Waals surface area contributed by atoms with Gasteiger partial charge in [0, 0.05) is 37.2 Å². The van der Waals surface area contributed by atoms with Gasteiger partial charge in [0.15, 0.2) is 0 Å². The molecule has 0 saturated carbocycles. The molecule has 0 saturated heterocycles. The number of hydrogen-bond donors (Lipinski definition) is 0. The van der Waals surface area contributed by atoms with Crippen LogP contribution >= 0.6 is 0 Å². The third-order valence-corrected chi connectivity index (χ3v) is 8.41. The first-order valence-electron chi connectivity index (χ1n) is 11.3. The Kier molecular flexibility index (Phi) is 5.97. The van der Waals surface area contributed by atoms with Crippen LogP contribution < -0.4 is 0 Å². The Hall–Kier alpha value is -3.07. The van der Waals surface area contributed by atoms with E-state index in [-0.39, 0.29) is 29.7 Å². The Labute approximate surface area is 199 Å². The van der Waals surface area contributed by atoms with Gasteiger partial charge in [0.25, 0.3) is 0 Å². The summed E-state index contributed by atoms with van der Waals surface area (Å²) in [5.41, 5.74) is 6.01. The molecule has 7 nitrogen and oxygen atoms in total. The van der Waals surface area contributed by atoms with Gasteiger partial charge in [0.05, 0.1) is 36.0 Å². The van der Waals surface area contributed by atoms with Crippen molar-refractivity contribution in [1.29, 1.82) is 0 Å². The number of ether oxygens (including phenoxy) is 2. The smallest absolute Gasteiger partial charge is 0.339 e. The number of sulfonamides is 1. The van der Waals surface area contributed by atoms with Gasteiger partial charge >= 0.3 is 5.97 Å². The van der Waals surface area contributed by atoms with Crippen molar-refractivity contribution in [3.63, 3.8) is 0 Å². The molecule has 2 aromatic carbocycles. The Bertz CT molecular complexity index is 1360. The Morgan fingerprint density at radius 3 is 2.56 bits per heavy atom. The Morgan fingerprint density at radius 1 is 1.06 bits per heavy atom. The van der Waals surface area contributed by atoms with Crippen molar-refractivity contribution in [1.82, 2.24) is 9.29 Å². The molecule has 0 fully saturated rings. The molecule has 8 heteroatoms. The summed E-state index contributed by atoms with van der Waals surface area (Å²) >= 11 is 0. The van der Waals surface area contributed by atoms with Crippen LogP contribution in [-0.2, 0) is 45.5 Å². The molecule has 1 aromatic heterocycles. The first kappa shape index (κ1) is 22.7. The number of benzene rings is 2. The van der Waals surface area contributed by atoms with Crippen LogP contribution in [0.5, 0.6) is 0 Å². The molecule has 1 atom stereocenters. The van der Waals surface area contributed by atoms with Crippen molar-refractivity contribution in [2.24, 2.45) is 0 Å². The number of hydrogen-bond acceptors (Lipinski definition) is 6. The quantitative estimate of drug-likeness (QED) is 0.531. The SMILES string of the molecule is COC(=O)c1ccccc1S(=O)(=O)N1CCc2nc(-c3ccccc3)c3c(c2C1)CO[C@@H](C)C3. The second-order valence-corrected chi connectivity index (χ2v) is 10.5. The van der Waals surface area contributed by atoms with Gasteiger partial charge in [-0.15, -0.1) is 0 Å². The molecule has 5 rings (SSSR count). The maximum absolute atomic E-state index is 13.6. The summed E-state index contributed by atoms with van der Waals surface area (Å²) in [4.78, 5) is 17.2. The van der Waals surface area contributed by atoms with E-state index in [2.05, 4.69) is 12.1 Å². The molecule has 3 heterocycles. The number of aromatic nitrogens is 1. The fourth-order valence-corrected chi connectivity index (χ4v) is 6.35. The first-order valence-corrected chi connectivity index (χ1v) is 12.7. The summed E-state index contributed by atoms with van der Waals surface area (Å²) < 4.78 is 39.4. The van der Waals surface area contributed by atoms with E-state index in [0.717, 1.165) is 40.1 Å². The number of methoxy groups -OCH3 is 1. The predicted molar refractivity (Wildman–Crippen MR) is 127 cm³/mol. The third kappa shape index (κ3) is 3.91. The topological polar surface area (TPSA) is 85.8 Å². The van der Waals surface area contributed by atoms with Gasteiger partial charge in [-0.05, 0) is 35.7 Å². The van der Waals surface area contributed by atoms with E-state index < -0.39 is 16.0 Å². The van der Waals surface area contributed by atoms with Crippen molar-refractivity contribution >= 4 is 16.0 Å². The third-order valence-electron chi connectivity index (χ3n) is 6.50. The molecule has 0 unspecified atom stereocenters. The van der Waals surface area contributed by atoms with Crippen LogP contribution in [0.4, 0.5) is 0 Å².